The minimum Gasteiger partial charge on any atom is -0.394 e. The van der Waals surface area contributed by atoms with E-state index in [4.69, 9.17) is 33.5 Å². The molecule has 1 aliphatic heterocycles. The van der Waals surface area contributed by atoms with Crippen LogP contribution < -0.4 is 11.5 Å². The van der Waals surface area contributed by atoms with Crippen LogP contribution in [0.1, 0.15) is 30.2 Å². The summed E-state index contributed by atoms with van der Waals surface area (Å²) in [6.07, 6.45) is 2.69. The van der Waals surface area contributed by atoms with Gasteiger partial charge in [0.05, 0.1) is 18.4 Å². The Morgan fingerprint density at radius 1 is 1.55 bits per heavy atom. The summed E-state index contributed by atoms with van der Waals surface area (Å²) in [6.45, 7) is 0.0130. The maximum atomic E-state index is 9.16. The van der Waals surface area contributed by atoms with E-state index in [0.29, 0.717) is 16.9 Å². The van der Waals surface area contributed by atoms with Crippen LogP contribution in [0.4, 0.5) is 5.82 Å². The van der Waals surface area contributed by atoms with Crippen LogP contribution in [0.15, 0.2) is 12.4 Å². The molecule has 1 saturated heterocycles. The molecule has 106 valence electrons. The quantitative estimate of drug-likeness (QED) is 0.691. The van der Waals surface area contributed by atoms with Crippen molar-refractivity contribution >= 4 is 28.5 Å². The maximum absolute atomic E-state index is 9.16. The molecule has 5 N–H and O–H groups in total. The van der Waals surface area contributed by atoms with Gasteiger partial charge in [0, 0.05) is 5.56 Å². The number of rotatable bonds is 3. The summed E-state index contributed by atoms with van der Waals surface area (Å²) in [5, 5.41) is 13.4. The van der Waals surface area contributed by atoms with Crippen LogP contribution in [-0.2, 0) is 4.74 Å². The van der Waals surface area contributed by atoms with Crippen LogP contribution in [0.5, 0.6) is 0 Å². The molecule has 2 aromatic heterocycles. The molecule has 3 heterocycles. The lowest BCUT2D eigenvalue weighted by atomic mass is 10.1. The highest BCUT2D eigenvalue weighted by Crippen LogP contribution is 2.35. The Bertz CT molecular complexity index is 671. The average molecular weight is 293 g/mol. The molecule has 2 atom stereocenters. The monoisotopic (exact) mass is 293 g/mol. The van der Waals surface area contributed by atoms with Gasteiger partial charge in [0.2, 0.25) is 0 Å². The Kier molecular flexibility index (Phi) is 3.28. The Morgan fingerprint density at radius 2 is 2.35 bits per heavy atom. The van der Waals surface area contributed by atoms with E-state index in [-0.39, 0.29) is 23.8 Å². The molecule has 0 radical (unpaired) electrons. The molecule has 0 unspecified atom stereocenters. The third kappa shape index (κ3) is 2.01. The molecule has 0 aliphatic carbocycles. The molecular weight excluding hydrogens is 278 g/mol. The number of anilines is 1. The van der Waals surface area contributed by atoms with Gasteiger partial charge in [-0.05, 0) is 18.9 Å². The molecule has 3 rings (SSSR count). The first-order valence-corrected chi connectivity index (χ1v) is 6.71. The number of thiocarbonyl (C=S) groups is 1. The van der Waals surface area contributed by atoms with Crippen LogP contribution in [0.3, 0.4) is 0 Å². The summed E-state index contributed by atoms with van der Waals surface area (Å²) in [5.74, 6) is 0.325. The van der Waals surface area contributed by atoms with Crippen molar-refractivity contribution in [1.82, 2.24) is 14.6 Å². The van der Waals surface area contributed by atoms with Crippen molar-refractivity contribution in [3.05, 3.63) is 23.7 Å². The molecule has 0 aromatic carbocycles. The molecule has 1 fully saturated rings. The molecule has 0 bridgehead atoms. The van der Waals surface area contributed by atoms with Gasteiger partial charge in [0.15, 0.2) is 5.82 Å². The topological polar surface area (TPSA) is 112 Å². The molecule has 1 aliphatic rings. The number of aromatic nitrogens is 3. The van der Waals surface area contributed by atoms with Gasteiger partial charge < -0.3 is 21.3 Å². The van der Waals surface area contributed by atoms with E-state index in [0.717, 1.165) is 18.5 Å². The van der Waals surface area contributed by atoms with E-state index < -0.39 is 0 Å². The summed E-state index contributed by atoms with van der Waals surface area (Å²) in [5.41, 5.74) is 13.7. The number of ether oxygens (including phenoxy) is 1. The van der Waals surface area contributed by atoms with Crippen molar-refractivity contribution in [2.24, 2.45) is 5.73 Å². The normalized spacial score (nSPS) is 22.4. The van der Waals surface area contributed by atoms with Gasteiger partial charge in [0.1, 0.15) is 22.9 Å². The Hall–Kier alpha value is -1.77. The number of hydrogen-bond donors (Lipinski definition) is 3. The second-order valence-electron chi connectivity index (χ2n) is 4.76. The minimum absolute atomic E-state index is 0.0130. The summed E-state index contributed by atoms with van der Waals surface area (Å²) in [4.78, 5) is 4.21. The zero-order valence-corrected chi connectivity index (χ0v) is 11.5. The Balaban J connectivity index is 2.12. The van der Waals surface area contributed by atoms with Crippen molar-refractivity contribution in [2.75, 3.05) is 12.3 Å². The van der Waals surface area contributed by atoms with Crippen LogP contribution in [-0.4, -0.2) is 37.4 Å². The molecule has 7 nitrogen and oxygen atoms in total. The highest BCUT2D eigenvalue weighted by atomic mass is 32.1. The van der Waals surface area contributed by atoms with E-state index in [1.807, 2.05) is 6.07 Å². The average Bonchev–Trinajstić information content (AvgIpc) is 3.02. The van der Waals surface area contributed by atoms with Crippen molar-refractivity contribution in [1.29, 1.82) is 0 Å². The first kappa shape index (κ1) is 13.2. The molecule has 8 heteroatoms. The number of hydrogen-bond acceptors (Lipinski definition) is 6. The van der Waals surface area contributed by atoms with Gasteiger partial charge >= 0.3 is 0 Å². The molecule has 0 spiro atoms. The number of aliphatic hydroxyl groups excluding tert-OH is 1. The van der Waals surface area contributed by atoms with Crippen molar-refractivity contribution in [3.63, 3.8) is 0 Å². The number of fused-ring (bicyclic) bond motifs is 1. The fourth-order valence-corrected chi connectivity index (χ4v) is 2.72. The summed E-state index contributed by atoms with van der Waals surface area (Å²) in [6, 6.07) is 1.84. The lowest BCUT2D eigenvalue weighted by Crippen LogP contribution is -2.12. The lowest BCUT2D eigenvalue weighted by Gasteiger charge is -2.11. The largest absolute Gasteiger partial charge is 0.394 e. The third-order valence-electron chi connectivity index (χ3n) is 3.52. The van der Waals surface area contributed by atoms with E-state index >= 15 is 0 Å². The van der Waals surface area contributed by atoms with E-state index in [2.05, 4.69) is 10.1 Å². The molecule has 0 saturated carbocycles. The van der Waals surface area contributed by atoms with Gasteiger partial charge in [0.25, 0.3) is 0 Å². The SMILES string of the molecule is NC(=S)c1cc([C@H]2CC[C@@H](CO)O2)n2ncnc(N)c12. The molecule has 2 aromatic rings. The van der Waals surface area contributed by atoms with Gasteiger partial charge in [-0.1, -0.05) is 12.2 Å². The van der Waals surface area contributed by atoms with Crippen LogP contribution in [0.2, 0.25) is 0 Å². The smallest absolute Gasteiger partial charge is 0.152 e. The summed E-state index contributed by atoms with van der Waals surface area (Å²) in [7, 11) is 0. The number of nitrogen functional groups attached to an aromatic ring is 1. The fourth-order valence-electron chi connectivity index (χ4n) is 2.57. The zero-order chi connectivity index (χ0) is 14.3. The predicted molar refractivity (Wildman–Crippen MR) is 77.2 cm³/mol. The highest BCUT2D eigenvalue weighted by molar-refractivity contribution is 7.80. The van der Waals surface area contributed by atoms with Crippen LogP contribution in [0.25, 0.3) is 5.52 Å². The Morgan fingerprint density at radius 3 is 3.00 bits per heavy atom. The molecular formula is C12H15N5O2S. The first-order valence-electron chi connectivity index (χ1n) is 6.30. The van der Waals surface area contributed by atoms with Crippen LogP contribution in [0, 0.1) is 0 Å². The fraction of sp³-hybridized carbons (Fsp3) is 0.417. The van der Waals surface area contributed by atoms with Crippen molar-refractivity contribution in [2.45, 2.75) is 25.0 Å². The second kappa shape index (κ2) is 4.97. The van der Waals surface area contributed by atoms with Crippen molar-refractivity contribution < 1.29 is 9.84 Å². The third-order valence-corrected chi connectivity index (χ3v) is 3.74. The minimum atomic E-state index is -0.156. The predicted octanol–water partition coefficient (Wildman–Crippen LogP) is 0.158. The number of nitrogens with zero attached hydrogens (tertiary/aromatic N) is 3. The molecule has 0 amide bonds. The number of nitrogens with two attached hydrogens (primary N) is 2. The first-order chi connectivity index (χ1) is 9.61. The number of aliphatic hydroxyl groups is 1. The van der Waals surface area contributed by atoms with E-state index in [1.54, 1.807) is 4.52 Å². The lowest BCUT2D eigenvalue weighted by molar-refractivity contribution is 0.00856. The Labute approximate surface area is 120 Å². The van der Waals surface area contributed by atoms with Gasteiger partial charge in [-0.3, -0.25) is 0 Å². The zero-order valence-electron chi connectivity index (χ0n) is 10.7. The van der Waals surface area contributed by atoms with Gasteiger partial charge in [-0.25, -0.2) is 9.50 Å². The second-order valence-corrected chi connectivity index (χ2v) is 5.20. The summed E-state index contributed by atoms with van der Waals surface area (Å²) >= 11 is 5.06. The standard InChI is InChI=1S/C12H15N5O2S/c13-11-10-7(12(14)20)3-8(17(10)16-5-15-11)9-2-1-6(4-18)19-9/h3,5-6,9,18H,1-2,4H2,(H2,14,20)(H2,13,15,16)/t6-,9+/m0/s1. The van der Waals surface area contributed by atoms with Crippen molar-refractivity contribution in [3.8, 4) is 0 Å². The van der Waals surface area contributed by atoms with E-state index in [1.165, 1.54) is 6.33 Å². The van der Waals surface area contributed by atoms with Crippen LogP contribution >= 0.6 is 12.2 Å². The molecule has 20 heavy (non-hydrogen) atoms. The highest BCUT2D eigenvalue weighted by Gasteiger charge is 2.30. The van der Waals surface area contributed by atoms with E-state index in [9.17, 15) is 0 Å². The van der Waals surface area contributed by atoms with Gasteiger partial charge in [-0.2, -0.15) is 5.10 Å². The maximum Gasteiger partial charge on any atom is 0.152 e. The summed E-state index contributed by atoms with van der Waals surface area (Å²) < 4.78 is 7.45. The van der Waals surface area contributed by atoms with Gasteiger partial charge in [-0.15, -0.1) is 0 Å².